The van der Waals surface area contributed by atoms with Crippen LogP contribution in [-0.2, 0) is 14.6 Å². The largest absolute Gasteiger partial charge is 0.490 e. The minimum absolute atomic E-state index is 0.0168. The molecule has 1 aliphatic heterocycles. The van der Waals surface area contributed by atoms with Gasteiger partial charge in [-0.1, -0.05) is 0 Å². The van der Waals surface area contributed by atoms with Crippen LogP contribution in [0.15, 0.2) is 23.1 Å². The van der Waals surface area contributed by atoms with Crippen LogP contribution in [0.1, 0.15) is 12.8 Å². The maximum absolute atomic E-state index is 13.0. The molecule has 1 aliphatic rings. The van der Waals surface area contributed by atoms with Gasteiger partial charge in [0.1, 0.15) is 0 Å². The summed E-state index contributed by atoms with van der Waals surface area (Å²) in [4.78, 5) is 11.6. The Morgan fingerprint density at radius 2 is 1.92 bits per heavy atom. The highest BCUT2D eigenvalue weighted by molar-refractivity contribution is 7.91. The van der Waals surface area contributed by atoms with Crippen molar-refractivity contribution in [2.24, 2.45) is 5.73 Å². The Balaban J connectivity index is 1.97. The third kappa shape index (κ3) is 5.53. The van der Waals surface area contributed by atoms with Gasteiger partial charge in [-0.15, -0.1) is 0 Å². The number of benzene rings is 1. The number of carbonyl (C=O) groups is 1. The summed E-state index contributed by atoms with van der Waals surface area (Å²) in [7, 11) is -3.77. The Bertz CT molecular complexity index is 725. The molecule has 1 amide bonds. The fourth-order valence-electron chi connectivity index (χ4n) is 2.07. The number of amides is 1. The summed E-state index contributed by atoms with van der Waals surface area (Å²) in [5.41, 5.74) is 4.86. The van der Waals surface area contributed by atoms with Gasteiger partial charge in [0, 0.05) is 18.9 Å². The zero-order valence-corrected chi connectivity index (χ0v) is 14.3. The summed E-state index contributed by atoms with van der Waals surface area (Å²) in [6.45, 7) is -0.934. The predicted molar refractivity (Wildman–Crippen MR) is 85.7 cm³/mol. The summed E-state index contributed by atoms with van der Waals surface area (Å²) >= 11 is 0. The van der Waals surface area contributed by atoms with Crippen LogP contribution in [0.3, 0.4) is 0 Å². The molecular weight excluding hydrogens is 358 g/mol. The first-order valence-electron chi connectivity index (χ1n) is 7.70. The number of nitrogens with two attached hydrogens (primary N) is 1. The Labute approximate surface area is 144 Å². The van der Waals surface area contributed by atoms with Gasteiger partial charge in [0.25, 0.3) is 5.92 Å². The van der Waals surface area contributed by atoms with Crippen molar-refractivity contribution in [1.82, 2.24) is 5.32 Å². The van der Waals surface area contributed by atoms with Gasteiger partial charge in [0.2, 0.25) is 5.91 Å². The molecule has 0 fully saturated rings. The molecule has 0 saturated heterocycles. The third-order valence-electron chi connectivity index (χ3n) is 3.52. The molecule has 0 bridgehead atoms. The van der Waals surface area contributed by atoms with Crippen molar-refractivity contribution < 1.29 is 31.5 Å². The van der Waals surface area contributed by atoms with E-state index in [9.17, 15) is 22.0 Å². The highest BCUT2D eigenvalue weighted by atomic mass is 32.2. The van der Waals surface area contributed by atoms with Crippen LogP contribution < -0.4 is 20.5 Å². The zero-order valence-electron chi connectivity index (χ0n) is 13.5. The maximum atomic E-state index is 13.0. The van der Waals surface area contributed by atoms with E-state index >= 15 is 0 Å². The van der Waals surface area contributed by atoms with E-state index in [-0.39, 0.29) is 4.90 Å². The fraction of sp³-hybridized carbons (Fsp3) is 0.533. The Morgan fingerprint density at radius 3 is 2.60 bits per heavy atom. The molecule has 3 N–H and O–H groups in total. The average molecular weight is 378 g/mol. The van der Waals surface area contributed by atoms with Gasteiger partial charge in [-0.05, 0) is 12.1 Å². The lowest BCUT2D eigenvalue weighted by molar-refractivity contribution is -0.122. The molecule has 1 aromatic carbocycles. The number of sulfone groups is 1. The van der Waals surface area contributed by atoms with E-state index in [1.54, 1.807) is 0 Å². The smallest absolute Gasteiger partial charge is 0.277 e. The molecule has 0 radical (unpaired) electrons. The standard InChI is InChI=1S/C15H20F2N2O5S/c16-15(17,9-18)10-19-14(20)4-7-25(21,22)11-2-3-12-13(8-11)24-6-1-5-23-12/h2-3,8H,1,4-7,9-10,18H2,(H,19,20). The summed E-state index contributed by atoms with van der Waals surface area (Å²) in [5.74, 6) is -3.73. The molecule has 2 rings (SSSR count). The van der Waals surface area contributed by atoms with E-state index in [0.29, 0.717) is 31.1 Å². The normalized spacial score (nSPS) is 14.7. The molecule has 7 nitrogen and oxygen atoms in total. The van der Waals surface area contributed by atoms with Crippen molar-refractivity contribution in [1.29, 1.82) is 0 Å². The molecule has 0 atom stereocenters. The van der Waals surface area contributed by atoms with E-state index in [4.69, 9.17) is 15.2 Å². The molecule has 1 aromatic rings. The van der Waals surface area contributed by atoms with Crippen LogP contribution >= 0.6 is 0 Å². The number of rotatable bonds is 7. The van der Waals surface area contributed by atoms with Crippen molar-refractivity contribution in [2.45, 2.75) is 23.7 Å². The number of hydrogen-bond acceptors (Lipinski definition) is 6. The second kappa shape index (κ2) is 7.96. The van der Waals surface area contributed by atoms with Gasteiger partial charge in [-0.3, -0.25) is 4.79 Å². The summed E-state index contributed by atoms with van der Waals surface area (Å²) in [5, 5.41) is 1.98. The molecule has 0 spiro atoms. The van der Waals surface area contributed by atoms with Gasteiger partial charge >= 0.3 is 0 Å². The SMILES string of the molecule is NCC(F)(F)CNC(=O)CCS(=O)(=O)c1ccc2c(c1)OCCCO2. The summed E-state index contributed by atoms with van der Waals surface area (Å²) in [6.07, 6.45) is 0.252. The second-order valence-corrected chi connectivity index (χ2v) is 7.67. The van der Waals surface area contributed by atoms with Gasteiger partial charge < -0.3 is 20.5 Å². The highest BCUT2D eigenvalue weighted by Gasteiger charge is 2.27. The van der Waals surface area contributed by atoms with Gasteiger partial charge in [-0.2, -0.15) is 0 Å². The third-order valence-corrected chi connectivity index (χ3v) is 5.23. The number of halogens is 2. The first kappa shape index (κ1) is 19.4. The number of hydrogen-bond donors (Lipinski definition) is 2. The number of nitrogens with one attached hydrogen (secondary N) is 1. The molecular formula is C15H20F2N2O5S. The van der Waals surface area contributed by atoms with E-state index in [0.717, 1.165) is 0 Å². The molecule has 25 heavy (non-hydrogen) atoms. The van der Waals surface area contributed by atoms with Crippen molar-refractivity contribution >= 4 is 15.7 Å². The summed E-state index contributed by atoms with van der Waals surface area (Å²) < 4.78 is 61.4. The minimum atomic E-state index is -3.77. The van der Waals surface area contributed by atoms with Crippen molar-refractivity contribution in [2.75, 3.05) is 32.1 Å². The molecule has 0 saturated carbocycles. The quantitative estimate of drug-likeness (QED) is 0.724. The summed E-state index contributed by atoms with van der Waals surface area (Å²) in [6, 6.07) is 4.20. The van der Waals surface area contributed by atoms with E-state index in [2.05, 4.69) is 0 Å². The van der Waals surface area contributed by atoms with Gasteiger partial charge in [0.05, 0.1) is 37.0 Å². The molecule has 0 unspecified atom stereocenters. The van der Waals surface area contributed by atoms with Crippen molar-refractivity contribution in [3.05, 3.63) is 18.2 Å². The maximum Gasteiger partial charge on any atom is 0.277 e. The zero-order chi connectivity index (χ0) is 18.5. The lowest BCUT2D eigenvalue weighted by Crippen LogP contribution is -2.41. The van der Waals surface area contributed by atoms with Crippen LogP contribution in [0.4, 0.5) is 8.78 Å². The first-order chi connectivity index (χ1) is 11.7. The monoisotopic (exact) mass is 378 g/mol. The minimum Gasteiger partial charge on any atom is -0.490 e. The molecule has 10 heteroatoms. The molecule has 1 heterocycles. The lowest BCUT2D eigenvalue weighted by Gasteiger charge is -2.14. The van der Waals surface area contributed by atoms with Crippen molar-refractivity contribution in [3.8, 4) is 11.5 Å². The number of fused-ring (bicyclic) bond motifs is 1. The number of carbonyl (C=O) groups excluding carboxylic acids is 1. The Hall–Kier alpha value is -1.94. The van der Waals surface area contributed by atoms with Crippen LogP contribution in [0.2, 0.25) is 0 Å². The number of alkyl halides is 2. The highest BCUT2D eigenvalue weighted by Crippen LogP contribution is 2.32. The van der Waals surface area contributed by atoms with Crippen LogP contribution in [-0.4, -0.2) is 52.3 Å². The van der Waals surface area contributed by atoms with Crippen LogP contribution in [0, 0.1) is 0 Å². The molecule has 140 valence electrons. The Morgan fingerprint density at radius 1 is 1.24 bits per heavy atom. The fourth-order valence-corrected chi connectivity index (χ4v) is 3.32. The van der Waals surface area contributed by atoms with Gasteiger partial charge in [-0.25, -0.2) is 17.2 Å². The molecule has 0 aromatic heterocycles. The second-order valence-electron chi connectivity index (χ2n) is 5.56. The average Bonchev–Trinajstić information content (AvgIpc) is 2.83. The number of ether oxygens (including phenoxy) is 2. The van der Waals surface area contributed by atoms with Crippen LogP contribution in [0.25, 0.3) is 0 Å². The first-order valence-corrected chi connectivity index (χ1v) is 9.36. The Kier molecular flexibility index (Phi) is 6.17. The topological polar surface area (TPSA) is 108 Å². The van der Waals surface area contributed by atoms with Crippen LogP contribution in [0.5, 0.6) is 11.5 Å². The van der Waals surface area contributed by atoms with Gasteiger partial charge in [0.15, 0.2) is 21.3 Å². The van der Waals surface area contributed by atoms with E-state index < -0.39 is 46.9 Å². The lowest BCUT2D eigenvalue weighted by atomic mass is 10.3. The van der Waals surface area contributed by atoms with Crippen molar-refractivity contribution in [3.63, 3.8) is 0 Å². The molecule has 0 aliphatic carbocycles. The predicted octanol–water partition coefficient (Wildman–Crippen LogP) is 0.722. The van der Waals surface area contributed by atoms with E-state index in [1.807, 2.05) is 5.32 Å². The van der Waals surface area contributed by atoms with E-state index in [1.165, 1.54) is 18.2 Å².